The van der Waals surface area contributed by atoms with E-state index in [-0.39, 0.29) is 11.8 Å². The Bertz CT molecular complexity index is 932. The third-order valence-corrected chi connectivity index (χ3v) is 7.28. The van der Waals surface area contributed by atoms with Crippen molar-refractivity contribution in [2.45, 2.75) is 64.7 Å². The number of nitrogens with zero attached hydrogens (tertiary/aromatic N) is 3. The van der Waals surface area contributed by atoms with Crippen LogP contribution in [0.5, 0.6) is 0 Å². The van der Waals surface area contributed by atoms with Crippen LogP contribution in [0, 0.1) is 20.8 Å². The van der Waals surface area contributed by atoms with Gasteiger partial charge in [-0.25, -0.2) is 4.31 Å². The highest BCUT2D eigenvalue weighted by atomic mass is 32.2. The molecular formula is C25H36N4O3S. The number of aromatic nitrogens is 1. The molecule has 3 rings (SSSR count). The summed E-state index contributed by atoms with van der Waals surface area (Å²) in [4.78, 5) is 26.6. The molecule has 0 spiro atoms. The summed E-state index contributed by atoms with van der Waals surface area (Å²) in [7, 11) is 0. The lowest BCUT2D eigenvalue weighted by molar-refractivity contribution is -0.132. The first-order valence-corrected chi connectivity index (χ1v) is 12.6. The van der Waals surface area contributed by atoms with E-state index in [2.05, 4.69) is 39.9 Å². The zero-order valence-electron chi connectivity index (χ0n) is 20.3. The fourth-order valence-corrected chi connectivity index (χ4v) is 5.11. The molecule has 7 nitrogen and oxygen atoms in total. The van der Waals surface area contributed by atoms with E-state index in [0.29, 0.717) is 6.42 Å². The Morgan fingerprint density at radius 2 is 1.79 bits per heavy atom. The van der Waals surface area contributed by atoms with Crippen LogP contribution < -0.4 is 5.32 Å². The third kappa shape index (κ3) is 7.33. The molecule has 0 radical (unpaired) electrons. The summed E-state index contributed by atoms with van der Waals surface area (Å²) in [6.07, 6.45) is 4.58. The Labute approximate surface area is 201 Å². The number of hydrogen-bond acceptors (Lipinski definition) is 6. The smallest absolute Gasteiger partial charge is 0.222 e. The largest absolute Gasteiger partial charge is 0.361 e. The Morgan fingerprint density at radius 1 is 1.06 bits per heavy atom. The second kappa shape index (κ2) is 12.2. The summed E-state index contributed by atoms with van der Waals surface area (Å²) in [6.45, 7) is 11.6. The van der Waals surface area contributed by atoms with E-state index in [4.69, 9.17) is 4.52 Å². The van der Waals surface area contributed by atoms with E-state index < -0.39 is 0 Å². The summed E-state index contributed by atoms with van der Waals surface area (Å²) in [5.41, 5.74) is 4.35. The minimum absolute atomic E-state index is 0.0193. The molecule has 2 aromatic rings. The van der Waals surface area contributed by atoms with Gasteiger partial charge in [0.25, 0.3) is 0 Å². The zero-order chi connectivity index (χ0) is 23.8. The van der Waals surface area contributed by atoms with Gasteiger partial charge in [-0.1, -0.05) is 30.1 Å². The molecule has 0 saturated carbocycles. The monoisotopic (exact) mass is 472 g/mol. The van der Waals surface area contributed by atoms with Gasteiger partial charge in [0, 0.05) is 56.5 Å². The molecule has 8 heteroatoms. The highest BCUT2D eigenvalue weighted by Gasteiger charge is 2.22. The summed E-state index contributed by atoms with van der Waals surface area (Å²) in [6, 6.07) is 6.50. The Kier molecular flexibility index (Phi) is 9.38. The molecule has 1 fully saturated rings. The molecule has 1 N–H and O–H groups in total. The van der Waals surface area contributed by atoms with Gasteiger partial charge in [-0.05, 0) is 62.8 Å². The maximum Gasteiger partial charge on any atom is 0.222 e. The fraction of sp³-hybridized carbons (Fsp3) is 0.560. The van der Waals surface area contributed by atoms with Crippen LogP contribution >= 0.6 is 11.9 Å². The van der Waals surface area contributed by atoms with Crippen molar-refractivity contribution in [1.82, 2.24) is 19.7 Å². The molecule has 33 heavy (non-hydrogen) atoms. The number of unbranched alkanes of at least 4 members (excludes halogenated alkanes) is 3. The van der Waals surface area contributed by atoms with E-state index in [1.165, 1.54) is 17.4 Å². The van der Waals surface area contributed by atoms with Gasteiger partial charge in [0.15, 0.2) is 0 Å². The maximum absolute atomic E-state index is 12.6. The number of hydrogen-bond donors (Lipinski definition) is 1. The van der Waals surface area contributed by atoms with Gasteiger partial charge in [0.2, 0.25) is 11.8 Å². The number of carbonyl (C=O) groups is 2. The lowest BCUT2D eigenvalue weighted by Gasteiger charge is -2.34. The van der Waals surface area contributed by atoms with Crippen LogP contribution in [0.25, 0.3) is 11.1 Å². The average Bonchev–Trinajstić information content (AvgIpc) is 3.12. The van der Waals surface area contributed by atoms with Gasteiger partial charge in [-0.3, -0.25) is 9.59 Å². The van der Waals surface area contributed by atoms with Gasteiger partial charge in [0.05, 0.1) is 5.69 Å². The predicted octanol–water partition coefficient (Wildman–Crippen LogP) is 4.50. The number of benzene rings is 1. The minimum atomic E-state index is 0.0193. The quantitative estimate of drug-likeness (QED) is 0.405. The van der Waals surface area contributed by atoms with Crippen LogP contribution in [0.4, 0.5) is 0 Å². The highest BCUT2D eigenvalue weighted by Crippen LogP contribution is 2.34. The SMILES string of the molecule is CC(=O)NCCCCCCC(=O)N1CCN(Sc2cc(-c3c(C)noc3C)ccc2C)CC1. The van der Waals surface area contributed by atoms with Crippen LogP contribution in [0.2, 0.25) is 0 Å². The predicted molar refractivity (Wildman–Crippen MR) is 132 cm³/mol. The topological polar surface area (TPSA) is 78.7 Å². The number of carbonyl (C=O) groups excluding carboxylic acids is 2. The molecule has 1 aliphatic heterocycles. The zero-order valence-corrected chi connectivity index (χ0v) is 21.1. The number of rotatable bonds is 10. The number of piperazine rings is 1. The molecule has 1 aliphatic rings. The Hall–Kier alpha value is -2.32. The molecule has 180 valence electrons. The van der Waals surface area contributed by atoms with Crippen LogP contribution in [-0.2, 0) is 9.59 Å². The molecule has 1 aromatic heterocycles. The summed E-state index contributed by atoms with van der Waals surface area (Å²) < 4.78 is 7.70. The van der Waals surface area contributed by atoms with Gasteiger partial charge in [0.1, 0.15) is 5.76 Å². The second-order valence-corrected chi connectivity index (χ2v) is 9.87. The van der Waals surface area contributed by atoms with Crippen molar-refractivity contribution in [2.24, 2.45) is 0 Å². The van der Waals surface area contributed by atoms with E-state index in [9.17, 15) is 9.59 Å². The second-order valence-electron chi connectivity index (χ2n) is 8.73. The first-order chi connectivity index (χ1) is 15.8. The van der Waals surface area contributed by atoms with Crippen LogP contribution in [-0.4, -0.2) is 58.9 Å². The lowest BCUT2D eigenvalue weighted by Crippen LogP contribution is -2.46. The van der Waals surface area contributed by atoms with Crippen molar-refractivity contribution >= 4 is 23.8 Å². The van der Waals surface area contributed by atoms with Gasteiger partial charge in [-0.15, -0.1) is 0 Å². The van der Waals surface area contributed by atoms with Gasteiger partial charge in [-0.2, -0.15) is 0 Å². The highest BCUT2D eigenvalue weighted by molar-refractivity contribution is 7.97. The van der Waals surface area contributed by atoms with Crippen LogP contribution in [0.1, 0.15) is 56.0 Å². The van der Waals surface area contributed by atoms with E-state index in [1.54, 1.807) is 11.9 Å². The fourth-order valence-electron chi connectivity index (χ4n) is 4.09. The van der Waals surface area contributed by atoms with E-state index in [0.717, 1.165) is 81.0 Å². The molecule has 2 heterocycles. The van der Waals surface area contributed by atoms with Crippen molar-refractivity contribution in [3.05, 3.63) is 35.2 Å². The summed E-state index contributed by atoms with van der Waals surface area (Å²) in [5.74, 6) is 1.12. The van der Waals surface area contributed by atoms with Crippen molar-refractivity contribution in [2.75, 3.05) is 32.7 Å². The molecule has 0 unspecified atom stereocenters. The molecule has 0 atom stereocenters. The normalized spacial score (nSPS) is 14.5. The van der Waals surface area contributed by atoms with Crippen molar-refractivity contribution in [3.8, 4) is 11.1 Å². The molecule has 1 saturated heterocycles. The van der Waals surface area contributed by atoms with Crippen LogP contribution in [0.3, 0.4) is 0 Å². The standard InChI is InChI=1S/C25H36N4O3S/c1-18-10-11-22(25-19(2)27-32-20(25)3)17-23(18)33-29-15-13-28(14-16-29)24(31)9-7-5-6-8-12-26-21(4)30/h10-11,17H,5-9,12-16H2,1-4H3,(H,26,30). The third-order valence-electron chi connectivity index (χ3n) is 6.02. The lowest BCUT2D eigenvalue weighted by atomic mass is 10.0. The van der Waals surface area contributed by atoms with Crippen LogP contribution in [0.15, 0.2) is 27.6 Å². The van der Waals surface area contributed by atoms with E-state index in [1.807, 2.05) is 18.7 Å². The number of nitrogens with one attached hydrogen (secondary N) is 1. The average molecular weight is 473 g/mol. The summed E-state index contributed by atoms with van der Waals surface area (Å²) in [5, 5.41) is 6.90. The Morgan fingerprint density at radius 3 is 2.45 bits per heavy atom. The van der Waals surface area contributed by atoms with Gasteiger partial charge >= 0.3 is 0 Å². The Balaban J connectivity index is 1.43. The molecule has 0 bridgehead atoms. The number of amides is 2. The van der Waals surface area contributed by atoms with E-state index >= 15 is 0 Å². The summed E-state index contributed by atoms with van der Waals surface area (Å²) >= 11 is 1.77. The molecule has 2 amide bonds. The molecule has 1 aromatic carbocycles. The first-order valence-electron chi connectivity index (χ1n) is 11.8. The van der Waals surface area contributed by atoms with Crippen molar-refractivity contribution in [3.63, 3.8) is 0 Å². The first kappa shape index (κ1) is 25.3. The number of aryl methyl sites for hydroxylation is 3. The minimum Gasteiger partial charge on any atom is -0.361 e. The molecular weight excluding hydrogens is 436 g/mol. The maximum atomic E-state index is 12.6. The van der Waals surface area contributed by atoms with Gasteiger partial charge < -0.3 is 14.7 Å². The van der Waals surface area contributed by atoms with Crippen molar-refractivity contribution < 1.29 is 14.1 Å². The molecule has 0 aliphatic carbocycles. The van der Waals surface area contributed by atoms with Crippen molar-refractivity contribution in [1.29, 1.82) is 0 Å².